The summed E-state index contributed by atoms with van der Waals surface area (Å²) in [5.41, 5.74) is 11.9. The molecule has 3 aromatic rings. The Morgan fingerprint density at radius 3 is 1.54 bits per heavy atom. The van der Waals surface area contributed by atoms with E-state index in [2.05, 4.69) is 78.5 Å². The minimum atomic E-state index is 0.468. The Labute approximate surface area is 207 Å². The SMILES string of the molecule is CCCCc1c2nc(c(COC)c3nc(c(CCCC)c4ccc(cc5ccc1[nH]5)[nH]4)C=C3)C=C2. The highest BCUT2D eigenvalue weighted by atomic mass is 16.5. The minimum absolute atomic E-state index is 0.468. The molecule has 0 fully saturated rings. The first-order chi connectivity index (χ1) is 17.2. The summed E-state index contributed by atoms with van der Waals surface area (Å²) in [5.74, 6) is 0. The zero-order valence-electron chi connectivity index (χ0n) is 20.9. The summed E-state index contributed by atoms with van der Waals surface area (Å²) < 4.78 is 5.60. The number of hydrogen-bond acceptors (Lipinski definition) is 3. The molecule has 180 valence electrons. The van der Waals surface area contributed by atoms with Crippen molar-refractivity contribution < 1.29 is 4.74 Å². The van der Waals surface area contributed by atoms with Gasteiger partial charge in [-0.2, -0.15) is 0 Å². The van der Waals surface area contributed by atoms with Gasteiger partial charge in [-0.1, -0.05) is 26.7 Å². The number of rotatable bonds is 8. The zero-order chi connectivity index (χ0) is 24.2. The number of aryl methyl sites for hydroxylation is 2. The van der Waals surface area contributed by atoms with E-state index in [0.29, 0.717) is 6.61 Å². The van der Waals surface area contributed by atoms with Gasteiger partial charge in [0.25, 0.3) is 0 Å². The predicted molar refractivity (Wildman–Crippen MR) is 147 cm³/mol. The zero-order valence-corrected chi connectivity index (χ0v) is 20.9. The molecule has 0 radical (unpaired) electrons. The summed E-state index contributed by atoms with van der Waals surface area (Å²) in [6.45, 7) is 4.92. The Balaban J connectivity index is 1.86. The van der Waals surface area contributed by atoms with Crippen molar-refractivity contribution in [3.05, 3.63) is 69.8 Å². The smallest absolute Gasteiger partial charge is 0.0755 e. The van der Waals surface area contributed by atoms with Crippen molar-refractivity contribution in [3.8, 4) is 0 Å². The van der Waals surface area contributed by atoms with E-state index in [0.717, 1.165) is 88.9 Å². The van der Waals surface area contributed by atoms with Gasteiger partial charge in [-0.15, -0.1) is 0 Å². The van der Waals surface area contributed by atoms with Crippen LogP contribution in [0.2, 0.25) is 0 Å². The normalized spacial score (nSPS) is 12.5. The molecule has 2 aliphatic rings. The van der Waals surface area contributed by atoms with Crippen molar-refractivity contribution in [1.29, 1.82) is 0 Å². The fraction of sp³-hybridized carbons (Fsp3) is 0.333. The topological polar surface area (TPSA) is 66.6 Å². The van der Waals surface area contributed by atoms with E-state index < -0.39 is 0 Å². The van der Waals surface area contributed by atoms with Crippen molar-refractivity contribution in [1.82, 2.24) is 19.9 Å². The van der Waals surface area contributed by atoms with Gasteiger partial charge in [-0.3, -0.25) is 0 Å². The number of nitrogens with zero attached hydrogens (tertiary/aromatic N) is 2. The second-order valence-corrected chi connectivity index (χ2v) is 9.31. The molecule has 5 rings (SSSR count). The van der Waals surface area contributed by atoms with E-state index in [4.69, 9.17) is 14.7 Å². The lowest BCUT2D eigenvalue weighted by Gasteiger charge is -2.04. The van der Waals surface area contributed by atoms with Crippen LogP contribution >= 0.6 is 0 Å². The van der Waals surface area contributed by atoms with Gasteiger partial charge in [0.15, 0.2) is 0 Å². The quantitative estimate of drug-likeness (QED) is 0.249. The van der Waals surface area contributed by atoms with Crippen LogP contribution in [0.5, 0.6) is 0 Å². The van der Waals surface area contributed by atoms with Gasteiger partial charge in [-0.05, 0) is 80.3 Å². The summed E-state index contributed by atoms with van der Waals surface area (Å²) >= 11 is 0. The minimum Gasteiger partial charge on any atom is -0.380 e. The molecule has 0 saturated carbocycles. The molecule has 0 atom stereocenters. The van der Waals surface area contributed by atoms with Gasteiger partial charge in [0, 0.05) is 45.9 Å². The molecule has 0 amide bonds. The third kappa shape index (κ3) is 4.87. The summed E-state index contributed by atoms with van der Waals surface area (Å²) in [6.07, 6.45) is 15.0. The van der Waals surface area contributed by atoms with Gasteiger partial charge in [-0.25, -0.2) is 9.97 Å². The maximum Gasteiger partial charge on any atom is 0.0755 e. The molecule has 0 aromatic carbocycles. The monoisotopic (exact) mass is 466 g/mol. The van der Waals surface area contributed by atoms with E-state index in [1.165, 1.54) is 11.1 Å². The Kier molecular flexibility index (Phi) is 6.96. The van der Waals surface area contributed by atoms with E-state index in [-0.39, 0.29) is 0 Å². The predicted octanol–water partition coefficient (Wildman–Crippen LogP) is 7.49. The molecule has 0 saturated heterocycles. The molecular weight excluding hydrogens is 432 g/mol. The molecule has 2 N–H and O–H groups in total. The Hall–Kier alpha value is -3.44. The molecule has 0 spiro atoms. The fourth-order valence-corrected chi connectivity index (χ4v) is 4.84. The first kappa shape index (κ1) is 23.3. The average Bonchev–Trinajstić information content (AvgIpc) is 3.66. The van der Waals surface area contributed by atoms with E-state index in [1.807, 2.05) is 0 Å². The molecule has 0 unspecified atom stereocenters. The standard InChI is InChI=1S/C30H34N4O/c1-4-6-8-22-25-12-10-20(31-25)18-21-11-13-26(32-21)23(9-7-5-2)28-15-17-30(34-28)24(19-35-3)29-16-14-27(22)33-29/h10-18,31-32H,4-9,19H2,1-3H3. The third-order valence-electron chi connectivity index (χ3n) is 6.74. The lowest BCUT2D eigenvalue weighted by Crippen LogP contribution is -1.97. The van der Waals surface area contributed by atoms with Crippen molar-refractivity contribution in [3.63, 3.8) is 0 Å². The highest BCUT2D eigenvalue weighted by molar-refractivity contribution is 5.82. The summed E-state index contributed by atoms with van der Waals surface area (Å²) in [7, 11) is 1.73. The molecule has 5 heteroatoms. The lowest BCUT2D eigenvalue weighted by atomic mass is 10.1. The van der Waals surface area contributed by atoms with Crippen LogP contribution in [-0.4, -0.2) is 27.0 Å². The van der Waals surface area contributed by atoms with Crippen LogP contribution in [0.4, 0.5) is 0 Å². The number of hydrogen-bond donors (Lipinski definition) is 2. The van der Waals surface area contributed by atoms with Crippen LogP contribution < -0.4 is 0 Å². The van der Waals surface area contributed by atoms with Gasteiger partial charge < -0.3 is 14.7 Å². The number of aromatic amines is 2. The molecule has 8 bridgehead atoms. The van der Waals surface area contributed by atoms with Crippen molar-refractivity contribution in [2.45, 2.75) is 59.0 Å². The molecule has 5 heterocycles. The Bertz CT molecular complexity index is 1330. The first-order valence-electron chi connectivity index (χ1n) is 12.8. The van der Waals surface area contributed by atoms with Crippen LogP contribution in [0.3, 0.4) is 0 Å². The highest BCUT2D eigenvalue weighted by Gasteiger charge is 2.15. The van der Waals surface area contributed by atoms with E-state index >= 15 is 0 Å². The van der Waals surface area contributed by atoms with Gasteiger partial charge in [0.2, 0.25) is 0 Å². The number of aromatic nitrogens is 4. The maximum atomic E-state index is 5.60. The Morgan fingerprint density at radius 2 is 1.11 bits per heavy atom. The molecule has 2 aliphatic heterocycles. The molecule has 3 aromatic heterocycles. The van der Waals surface area contributed by atoms with Crippen LogP contribution in [0.15, 0.2) is 30.3 Å². The largest absolute Gasteiger partial charge is 0.380 e. The Morgan fingerprint density at radius 1 is 0.657 bits per heavy atom. The fourth-order valence-electron chi connectivity index (χ4n) is 4.84. The summed E-state index contributed by atoms with van der Waals surface area (Å²) in [6, 6.07) is 10.8. The lowest BCUT2D eigenvalue weighted by molar-refractivity contribution is 0.184. The molecule has 35 heavy (non-hydrogen) atoms. The summed E-state index contributed by atoms with van der Waals surface area (Å²) in [4.78, 5) is 17.4. The van der Waals surface area contributed by atoms with Crippen molar-refractivity contribution >= 4 is 46.4 Å². The molecular formula is C30H34N4O. The molecule has 5 nitrogen and oxygen atoms in total. The number of unbranched alkanes of at least 4 members (excludes halogenated alkanes) is 2. The summed E-state index contributed by atoms with van der Waals surface area (Å²) in [5, 5.41) is 0. The van der Waals surface area contributed by atoms with Crippen molar-refractivity contribution in [2.24, 2.45) is 0 Å². The number of H-pyrrole nitrogens is 2. The number of ether oxygens (including phenoxy) is 1. The molecule has 0 aliphatic carbocycles. The van der Waals surface area contributed by atoms with Gasteiger partial charge in [0.1, 0.15) is 0 Å². The van der Waals surface area contributed by atoms with E-state index in [1.54, 1.807) is 7.11 Å². The van der Waals surface area contributed by atoms with Crippen LogP contribution in [0.25, 0.3) is 46.4 Å². The van der Waals surface area contributed by atoms with Crippen LogP contribution in [0.1, 0.15) is 79.0 Å². The van der Waals surface area contributed by atoms with Crippen LogP contribution in [-0.2, 0) is 24.2 Å². The number of fused-ring (bicyclic) bond motifs is 8. The number of methoxy groups -OCH3 is 1. The number of nitrogens with one attached hydrogen (secondary N) is 2. The average molecular weight is 467 g/mol. The third-order valence-corrected chi connectivity index (χ3v) is 6.74. The van der Waals surface area contributed by atoms with E-state index in [9.17, 15) is 0 Å². The van der Waals surface area contributed by atoms with Gasteiger partial charge >= 0.3 is 0 Å². The highest BCUT2D eigenvalue weighted by Crippen LogP contribution is 2.27. The first-order valence-corrected chi connectivity index (χ1v) is 12.8. The second kappa shape index (κ2) is 10.4. The maximum absolute atomic E-state index is 5.60. The van der Waals surface area contributed by atoms with Gasteiger partial charge in [0.05, 0.1) is 29.4 Å². The van der Waals surface area contributed by atoms with Crippen LogP contribution in [0, 0.1) is 0 Å². The second-order valence-electron chi connectivity index (χ2n) is 9.31. The van der Waals surface area contributed by atoms with Crippen molar-refractivity contribution in [2.75, 3.05) is 7.11 Å².